The summed E-state index contributed by atoms with van der Waals surface area (Å²) in [5, 5.41) is 3.36. The first-order valence-electron chi connectivity index (χ1n) is 7.28. The number of nitrogens with zero attached hydrogens (tertiary/aromatic N) is 1. The van der Waals surface area contributed by atoms with Crippen LogP contribution in [0.25, 0.3) is 0 Å². The summed E-state index contributed by atoms with van der Waals surface area (Å²) < 4.78 is 26.1. The van der Waals surface area contributed by atoms with Gasteiger partial charge in [-0.3, -0.25) is 0 Å². The van der Waals surface area contributed by atoms with E-state index in [-0.39, 0.29) is 6.04 Å². The van der Waals surface area contributed by atoms with Gasteiger partial charge >= 0.3 is 0 Å². The van der Waals surface area contributed by atoms with E-state index < -0.39 is 10.0 Å². The van der Waals surface area contributed by atoms with Gasteiger partial charge in [0.15, 0.2) is 0 Å². The number of sulfonamides is 1. The molecule has 118 valence electrons. The Morgan fingerprint density at radius 1 is 1.43 bits per heavy atom. The van der Waals surface area contributed by atoms with Crippen molar-refractivity contribution in [3.63, 3.8) is 0 Å². The topological polar surface area (TPSA) is 49.4 Å². The molecule has 1 N–H and O–H groups in total. The van der Waals surface area contributed by atoms with E-state index in [0.717, 1.165) is 23.7 Å². The largest absolute Gasteiger partial charge is 0.313 e. The highest BCUT2D eigenvalue weighted by Crippen LogP contribution is 2.31. The van der Waals surface area contributed by atoms with Crippen LogP contribution in [0.2, 0.25) is 0 Å². The van der Waals surface area contributed by atoms with E-state index in [2.05, 4.69) is 27.3 Å². The molecule has 1 aromatic carbocycles. The van der Waals surface area contributed by atoms with Crippen LogP contribution in [0.4, 0.5) is 0 Å². The lowest BCUT2D eigenvalue weighted by Gasteiger charge is -2.33. The predicted molar refractivity (Wildman–Crippen MR) is 89.7 cm³/mol. The summed E-state index contributed by atoms with van der Waals surface area (Å²) in [6.07, 6.45) is 4.29. The van der Waals surface area contributed by atoms with E-state index in [1.807, 2.05) is 25.2 Å². The molecule has 0 bridgehead atoms. The normalized spacial score (nSPS) is 22.1. The molecule has 6 heteroatoms. The van der Waals surface area contributed by atoms with Gasteiger partial charge in [0, 0.05) is 23.6 Å². The first kappa shape index (κ1) is 16.9. The fraction of sp³-hybridized carbons (Fsp3) is 0.600. The Balaban J connectivity index is 2.07. The Hall–Kier alpha value is -0.430. The number of hydrogen-bond acceptors (Lipinski definition) is 3. The average Bonchev–Trinajstić information content (AvgIpc) is 2.45. The van der Waals surface area contributed by atoms with Gasteiger partial charge in [-0.1, -0.05) is 34.1 Å². The van der Waals surface area contributed by atoms with Gasteiger partial charge in [0.2, 0.25) is 10.0 Å². The molecule has 21 heavy (non-hydrogen) atoms. The van der Waals surface area contributed by atoms with Crippen molar-refractivity contribution in [3.05, 3.63) is 34.3 Å². The minimum absolute atomic E-state index is 0.241. The summed E-state index contributed by atoms with van der Waals surface area (Å²) in [4.78, 5) is 0. The zero-order chi connectivity index (χ0) is 15.5. The van der Waals surface area contributed by atoms with E-state index in [9.17, 15) is 8.42 Å². The maximum Gasteiger partial charge on any atom is 0.211 e. The first-order valence-corrected chi connectivity index (χ1v) is 9.92. The standard InChI is InChI=1S/C15H23BrN2O2S/c1-17-15(13-7-3-4-8-14(13)16)10-12-6-5-9-18(11-12)21(2,19)20/h3-4,7-8,12,15,17H,5-6,9-11H2,1-2H3. The Labute approximate surface area is 136 Å². The zero-order valence-electron chi connectivity index (χ0n) is 12.5. The van der Waals surface area contributed by atoms with Crippen molar-refractivity contribution in [2.75, 3.05) is 26.4 Å². The van der Waals surface area contributed by atoms with Crippen LogP contribution in [0.3, 0.4) is 0 Å². The lowest BCUT2D eigenvalue weighted by Crippen LogP contribution is -2.40. The molecule has 0 aliphatic carbocycles. The van der Waals surface area contributed by atoms with Gasteiger partial charge in [0.25, 0.3) is 0 Å². The maximum atomic E-state index is 11.7. The average molecular weight is 375 g/mol. The summed E-state index contributed by atoms with van der Waals surface area (Å²) in [6, 6.07) is 8.44. The van der Waals surface area contributed by atoms with Crippen LogP contribution in [0, 0.1) is 5.92 Å². The third kappa shape index (κ3) is 4.52. The van der Waals surface area contributed by atoms with Crippen LogP contribution in [-0.4, -0.2) is 39.1 Å². The summed E-state index contributed by atoms with van der Waals surface area (Å²) in [6.45, 7) is 1.30. The van der Waals surface area contributed by atoms with Crippen molar-refractivity contribution in [3.8, 4) is 0 Å². The molecule has 0 amide bonds. The minimum Gasteiger partial charge on any atom is -0.313 e. The number of hydrogen-bond donors (Lipinski definition) is 1. The summed E-state index contributed by atoms with van der Waals surface area (Å²) in [5.41, 5.74) is 1.23. The van der Waals surface area contributed by atoms with Crippen molar-refractivity contribution < 1.29 is 8.42 Å². The van der Waals surface area contributed by atoms with Crippen LogP contribution in [-0.2, 0) is 10.0 Å². The van der Waals surface area contributed by atoms with Crippen molar-refractivity contribution >= 4 is 26.0 Å². The molecule has 0 aromatic heterocycles. The van der Waals surface area contributed by atoms with Gasteiger partial charge in [0.1, 0.15) is 0 Å². The summed E-state index contributed by atoms with van der Waals surface area (Å²) in [7, 11) is -1.11. The number of piperidine rings is 1. The molecule has 2 rings (SSSR count). The lowest BCUT2D eigenvalue weighted by molar-refractivity contribution is 0.240. The Kier molecular flexibility index (Phi) is 5.82. The van der Waals surface area contributed by atoms with Crippen molar-refractivity contribution in [1.29, 1.82) is 0 Å². The van der Waals surface area contributed by atoms with Gasteiger partial charge in [-0.15, -0.1) is 0 Å². The highest BCUT2D eigenvalue weighted by atomic mass is 79.9. The van der Waals surface area contributed by atoms with E-state index in [1.165, 1.54) is 11.8 Å². The fourth-order valence-corrected chi connectivity index (χ4v) is 4.52. The SMILES string of the molecule is CNC(CC1CCCN(S(C)(=O)=O)C1)c1ccccc1Br. The van der Waals surface area contributed by atoms with Gasteiger partial charge in [-0.25, -0.2) is 12.7 Å². The summed E-state index contributed by atoms with van der Waals surface area (Å²) in [5.74, 6) is 0.401. The number of rotatable bonds is 5. The lowest BCUT2D eigenvalue weighted by atomic mass is 9.89. The molecule has 0 spiro atoms. The molecule has 1 aliphatic rings. The third-order valence-corrected chi connectivity index (χ3v) is 6.14. The van der Waals surface area contributed by atoms with Crippen molar-refractivity contribution in [2.24, 2.45) is 5.92 Å². The fourth-order valence-electron chi connectivity index (χ4n) is 3.01. The van der Waals surface area contributed by atoms with E-state index in [1.54, 1.807) is 4.31 Å². The second kappa shape index (κ2) is 7.22. The van der Waals surface area contributed by atoms with Gasteiger partial charge in [-0.05, 0) is 43.9 Å². The molecule has 1 aromatic rings. The predicted octanol–water partition coefficient (Wildman–Crippen LogP) is 2.77. The van der Waals surface area contributed by atoms with E-state index in [0.29, 0.717) is 19.0 Å². The highest BCUT2D eigenvalue weighted by molar-refractivity contribution is 9.10. The number of halogens is 1. The van der Waals surface area contributed by atoms with E-state index >= 15 is 0 Å². The molecule has 4 nitrogen and oxygen atoms in total. The quantitative estimate of drug-likeness (QED) is 0.861. The molecule has 2 atom stereocenters. The minimum atomic E-state index is -3.07. The summed E-state index contributed by atoms with van der Waals surface area (Å²) >= 11 is 3.60. The Morgan fingerprint density at radius 2 is 2.14 bits per heavy atom. The molecule has 0 radical (unpaired) electrons. The van der Waals surface area contributed by atoms with Crippen LogP contribution in [0.15, 0.2) is 28.7 Å². The van der Waals surface area contributed by atoms with Crippen molar-refractivity contribution in [1.82, 2.24) is 9.62 Å². The molecule has 1 aliphatic heterocycles. The first-order chi connectivity index (χ1) is 9.91. The number of nitrogens with one attached hydrogen (secondary N) is 1. The van der Waals surface area contributed by atoms with Crippen LogP contribution in [0.5, 0.6) is 0 Å². The molecule has 1 saturated heterocycles. The second-order valence-electron chi connectivity index (χ2n) is 5.73. The van der Waals surface area contributed by atoms with E-state index in [4.69, 9.17) is 0 Å². The molecule has 0 saturated carbocycles. The monoisotopic (exact) mass is 374 g/mol. The smallest absolute Gasteiger partial charge is 0.211 e. The van der Waals surface area contributed by atoms with Crippen molar-refractivity contribution in [2.45, 2.75) is 25.3 Å². The third-order valence-electron chi connectivity index (χ3n) is 4.15. The van der Waals surface area contributed by atoms with Crippen LogP contribution < -0.4 is 5.32 Å². The van der Waals surface area contributed by atoms with Gasteiger partial charge in [0.05, 0.1) is 6.26 Å². The maximum absolute atomic E-state index is 11.7. The molecule has 1 fully saturated rings. The second-order valence-corrected chi connectivity index (χ2v) is 8.56. The Bertz CT molecular complexity index is 577. The molecule has 1 heterocycles. The number of benzene rings is 1. The van der Waals surface area contributed by atoms with Crippen LogP contribution in [0.1, 0.15) is 30.9 Å². The molecular weight excluding hydrogens is 352 g/mol. The van der Waals surface area contributed by atoms with Crippen LogP contribution >= 0.6 is 15.9 Å². The van der Waals surface area contributed by atoms with Gasteiger partial charge in [-0.2, -0.15) is 0 Å². The Morgan fingerprint density at radius 3 is 2.76 bits per heavy atom. The molecular formula is C15H23BrN2O2S. The zero-order valence-corrected chi connectivity index (χ0v) is 15.0. The highest BCUT2D eigenvalue weighted by Gasteiger charge is 2.28. The van der Waals surface area contributed by atoms with Gasteiger partial charge < -0.3 is 5.32 Å². The molecule has 2 unspecified atom stereocenters.